The Labute approximate surface area is 118 Å². The first-order chi connectivity index (χ1) is 9.67. The molecule has 5 nitrogen and oxygen atoms in total. The number of allylic oxidation sites excluding steroid dienone is 2. The Morgan fingerprint density at radius 2 is 2.10 bits per heavy atom. The van der Waals surface area contributed by atoms with Crippen molar-refractivity contribution < 1.29 is 14.6 Å². The molecule has 0 spiro atoms. The van der Waals surface area contributed by atoms with Crippen molar-refractivity contribution in [3.05, 3.63) is 36.0 Å². The molecular weight excluding hydrogens is 256 g/mol. The SMILES string of the molecule is COc1ccc(N=C2C=C(NCC(=O)O)CCC2)cc1. The Kier molecular flexibility index (Phi) is 4.76. The number of carboxylic acid groups (broad SMARTS) is 1. The van der Waals surface area contributed by atoms with Crippen LogP contribution in [0, 0.1) is 0 Å². The molecule has 5 heteroatoms. The second-order valence-corrected chi connectivity index (χ2v) is 4.57. The number of rotatable bonds is 5. The van der Waals surface area contributed by atoms with Crippen LogP contribution in [0.1, 0.15) is 19.3 Å². The fourth-order valence-electron chi connectivity index (χ4n) is 2.04. The maximum atomic E-state index is 10.5. The van der Waals surface area contributed by atoms with Crippen LogP contribution in [0.25, 0.3) is 0 Å². The number of benzene rings is 1. The van der Waals surface area contributed by atoms with Crippen molar-refractivity contribution in [1.29, 1.82) is 0 Å². The van der Waals surface area contributed by atoms with Crippen LogP contribution in [0.2, 0.25) is 0 Å². The van der Waals surface area contributed by atoms with E-state index < -0.39 is 5.97 Å². The third kappa shape index (κ3) is 4.12. The average Bonchev–Trinajstić information content (AvgIpc) is 2.46. The van der Waals surface area contributed by atoms with Gasteiger partial charge in [0.15, 0.2) is 0 Å². The normalized spacial score (nSPS) is 16.6. The van der Waals surface area contributed by atoms with Crippen molar-refractivity contribution in [1.82, 2.24) is 5.32 Å². The molecule has 106 valence electrons. The summed E-state index contributed by atoms with van der Waals surface area (Å²) < 4.78 is 5.10. The van der Waals surface area contributed by atoms with Crippen molar-refractivity contribution in [3.8, 4) is 5.75 Å². The van der Waals surface area contributed by atoms with E-state index in [1.54, 1.807) is 7.11 Å². The van der Waals surface area contributed by atoms with Gasteiger partial charge in [0, 0.05) is 11.4 Å². The van der Waals surface area contributed by atoms with E-state index in [-0.39, 0.29) is 6.54 Å². The second-order valence-electron chi connectivity index (χ2n) is 4.57. The summed E-state index contributed by atoms with van der Waals surface area (Å²) in [6, 6.07) is 7.54. The molecule has 0 aromatic heterocycles. The summed E-state index contributed by atoms with van der Waals surface area (Å²) in [4.78, 5) is 15.1. The highest BCUT2D eigenvalue weighted by atomic mass is 16.5. The first kappa shape index (κ1) is 14.1. The third-order valence-corrected chi connectivity index (χ3v) is 3.03. The predicted octanol–water partition coefficient (Wildman–Crippen LogP) is 2.51. The zero-order valence-corrected chi connectivity index (χ0v) is 11.4. The topological polar surface area (TPSA) is 70.9 Å². The van der Waals surface area contributed by atoms with Crippen LogP contribution in [-0.2, 0) is 4.79 Å². The highest BCUT2D eigenvalue weighted by molar-refractivity contribution is 5.98. The van der Waals surface area contributed by atoms with E-state index in [0.717, 1.165) is 42.1 Å². The predicted molar refractivity (Wildman–Crippen MR) is 77.7 cm³/mol. The Morgan fingerprint density at radius 1 is 1.35 bits per heavy atom. The van der Waals surface area contributed by atoms with E-state index in [9.17, 15) is 4.79 Å². The largest absolute Gasteiger partial charge is 0.497 e. The lowest BCUT2D eigenvalue weighted by Gasteiger charge is -2.15. The number of hydrogen-bond acceptors (Lipinski definition) is 4. The highest BCUT2D eigenvalue weighted by Crippen LogP contribution is 2.21. The van der Waals surface area contributed by atoms with Gasteiger partial charge in [-0.3, -0.25) is 9.79 Å². The van der Waals surface area contributed by atoms with Crippen molar-refractivity contribution in [2.75, 3.05) is 13.7 Å². The van der Waals surface area contributed by atoms with Gasteiger partial charge in [0.05, 0.1) is 12.8 Å². The second kappa shape index (κ2) is 6.75. The molecule has 20 heavy (non-hydrogen) atoms. The van der Waals surface area contributed by atoms with Crippen LogP contribution < -0.4 is 10.1 Å². The summed E-state index contributed by atoms with van der Waals surface area (Å²) >= 11 is 0. The van der Waals surface area contributed by atoms with Crippen LogP contribution >= 0.6 is 0 Å². The monoisotopic (exact) mass is 274 g/mol. The van der Waals surface area contributed by atoms with Gasteiger partial charge >= 0.3 is 5.97 Å². The summed E-state index contributed by atoms with van der Waals surface area (Å²) in [5.41, 5.74) is 2.77. The molecule has 0 heterocycles. The molecule has 1 aromatic carbocycles. The first-order valence-electron chi connectivity index (χ1n) is 6.55. The van der Waals surface area contributed by atoms with Crippen molar-refractivity contribution >= 4 is 17.4 Å². The number of carbonyl (C=O) groups is 1. The molecule has 0 amide bonds. The number of nitrogens with zero attached hydrogens (tertiary/aromatic N) is 1. The van der Waals surface area contributed by atoms with Gasteiger partial charge in [-0.15, -0.1) is 0 Å². The highest BCUT2D eigenvalue weighted by Gasteiger charge is 2.09. The van der Waals surface area contributed by atoms with Gasteiger partial charge in [-0.25, -0.2) is 0 Å². The van der Waals surface area contributed by atoms with E-state index in [0.29, 0.717) is 0 Å². The molecular formula is C15H18N2O3. The molecule has 1 aliphatic carbocycles. The molecule has 0 aliphatic heterocycles. The van der Waals surface area contributed by atoms with Gasteiger partial charge in [0.1, 0.15) is 12.3 Å². The van der Waals surface area contributed by atoms with Gasteiger partial charge in [-0.05, 0) is 49.6 Å². The van der Waals surface area contributed by atoms with E-state index >= 15 is 0 Å². The molecule has 0 atom stereocenters. The molecule has 1 aliphatic rings. The van der Waals surface area contributed by atoms with Crippen molar-refractivity contribution in [2.24, 2.45) is 4.99 Å². The van der Waals surface area contributed by atoms with Gasteiger partial charge in [0.2, 0.25) is 0 Å². The summed E-state index contributed by atoms with van der Waals surface area (Å²) in [5, 5.41) is 11.6. The number of methoxy groups -OCH3 is 1. The maximum absolute atomic E-state index is 10.5. The lowest BCUT2D eigenvalue weighted by molar-refractivity contribution is -0.135. The van der Waals surface area contributed by atoms with Crippen LogP contribution in [-0.4, -0.2) is 30.4 Å². The van der Waals surface area contributed by atoms with Crippen LogP contribution in [0.5, 0.6) is 5.75 Å². The molecule has 0 radical (unpaired) electrons. The van der Waals surface area contributed by atoms with E-state index in [4.69, 9.17) is 9.84 Å². The molecule has 1 aromatic rings. The van der Waals surface area contributed by atoms with E-state index in [1.807, 2.05) is 30.3 Å². The summed E-state index contributed by atoms with van der Waals surface area (Å²) in [6.45, 7) is -0.0539. The Hall–Kier alpha value is -2.30. The summed E-state index contributed by atoms with van der Waals surface area (Å²) in [5.74, 6) is -0.0536. The fraction of sp³-hybridized carbons (Fsp3) is 0.333. The van der Waals surface area contributed by atoms with E-state index in [2.05, 4.69) is 10.3 Å². The summed E-state index contributed by atoms with van der Waals surface area (Å²) in [7, 11) is 1.63. The third-order valence-electron chi connectivity index (χ3n) is 3.03. The van der Waals surface area contributed by atoms with Crippen LogP contribution in [0.4, 0.5) is 5.69 Å². The lowest BCUT2D eigenvalue weighted by Crippen LogP contribution is -2.24. The molecule has 0 saturated carbocycles. The number of carboxylic acids is 1. The van der Waals surface area contributed by atoms with Crippen molar-refractivity contribution in [2.45, 2.75) is 19.3 Å². The Bertz CT molecular complexity index is 533. The number of ether oxygens (including phenoxy) is 1. The minimum Gasteiger partial charge on any atom is -0.497 e. The quantitative estimate of drug-likeness (QED) is 0.865. The van der Waals surface area contributed by atoms with Crippen LogP contribution in [0.15, 0.2) is 41.0 Å². The lowest BCUT2D eigenvalue weighted by atomic mass is 10.0. The molecule has 0 bridgehead atoms. The zero-order valence-electron chi connectivity index (χ0n) is 11.4. The van der Waals surface area contributed by atoms with Crippen molar-refractivity contribution in [3.63, 3.8) is 0 Å². The van der Waals surface area contributed by atoms with Crippen LogP contribution in [0.3, 0.4) is 0 Å². The molecule has 2 N–H and O–H groups in total. The average molecular weight is 274 g/mol. The number of aliphatic carboxylic acids is 1. The van der Waals surface area contributed by atoms with E-state index in [1.165, 1.54) is 0 Å². The van der Waals surface area contributed by atoms with Gasteiger partial charge in [0.25, 0.3) is 0 Å². The van der Waals surface area contributed by atoms with Gasteiger partial charge in [-0.1, -0.05) is 0 Å². The smallest absolute Gasteiger partial charge is 0.322 e. The van der Waals surface area contributed by atoms with Gasteiger partial charge < -0.3 is 15.2 Å². The molecule has 0 saturated heterocycles. The number of hydrogen-bond donors (Lipinski definition) is 2. The number of aliphatic imine (C=N–C) groups is 1. The maximum Gasteiger partial charge on any atom is 0.322 e. The standard InChI is InChI=1S/C15H18N2O3/c1-20-14-7-5-11(6-8-14)17-13-4-2-3-12(9-13)16-10-15(18)19/h5-9,16H,2-4,10H2,1H3,(H,18,19). The molecule has 0 fully saturated rings. The fourth-order valence-corrected chi connectivity index (χ4v) is 2.04. The first-order valence-corrected chi connectivity index (χ1v) is 6.55. The minimum atomic E-state index is -0.856. The number of nitrogens with one attached hydrogen (secondary N) is 1. The molecule has 0 unspecified atom stereocenters. The zero-order chi connectivity index (χ0) is 14.4. The van der Waals surface area contributed by atoms with Gasteiger partial charge in [-0.2, -0.15) is 0 Å². The Morgan fingerprint density at radius 3 is 2.75 bits per heavy atom. The Balaban J connectivity index is 2.07. The summed E-state index contributed by atoms with van der Waals surface area (Å²) in [6.07, 6.45) is 4.70. The minimum absolute atomic E-state index is 0.0539. The molecule has 2 rings (SSSR count).